The van der Waals surface area contributed by atoms with Crippen LogP contribution in [0.1, 0.15) is 39.2 Å². The molecular formula is C17H28N4. The highest BCUT2D eigenvalue weighted by atomic mass is 15.3. The van der Waals surface area contributed by atoms with Gasteiger partial charge in [-0.15, -0.1) is 0 Å². The van der Waals surface area contributed by atoms with Crippen molar-refractivity contribution in [2.45, 2.75) is 33.6 Å². The first kappa shape index (κ1) is 15.8. The third-order valence-corrected chi connectivity index (χ3v) is 4.02. The molecule has 3 rings (SSSR count). The lowest BCUT2D eigenvalue weighted by Crippen LogP contribution is -2.44. The molecule has 116 valence electrons. The molecule has 3 heterocycles. The first-order valence-corrected chi connectivity index (χ1v) is 8.06. The van der Waals surface area contributed by atoms with Gasteiger partial charge in [-0.2, -0.15) is 5.10 Å². The number of fused-ring (bicyclic) bond motifs is 1. The Labute approximate surface area is 128 Å². The largest absolute Gasteiger partial charge is 0.368 e. The molecule has 0 atom stereocenters. The Balaban J connectivity index is 0.000000774. The first-order valence-electron chi connectivity index (χ1n) is 8.06. The van der Waals surface area contributed by atoms with E-state index in [-0.39, 0.29) is 0 Å². The van der Waals surface area contributed by atoms with E-state index in [4.69, 9.17) is 0 Å². The van der Waals surface area contributed by atoms with Gasteiger partial charge in [0.15, 0.2) is 0 Å². The summed E-state index contributed by atoms with van der Waals surface area (Å²) in [6.07, 6.45) is 4.15. The number of aromatic nitrogens is 2. The minimum Gasteiger partial charge on any atom is -0.368 e. The summed E-state index contributed by atoms with van der Waals surface area (Å²) in [5.74, 6) is 0.520. The molecular weight excluding hydrogens is 260 g/mol. The Kier molecular flexibility index (Phi) is 5.23. The summed E-state index contributed by atoms with van der Waals surface area (Å²) < 4.78 is 2.02. The zero-order valence-corrected chi connectivity index (χ0v) is 14.0. The molecule has 2 aromatic rings. The fourth-order valence-electron chi connectivity index (χ4n) is 2.69. The summed E-state index contributed by atoms with van der Waals surface area (Å²) in [4.78, 5) is 4.82. The van der Waals surface area contributed by atoms with Crippen molar-refractivity contribution in [1.29, 1.82) is 0 Å². The van der Waals surface area contributed by atoms with E-state index in [9.17, 15) is 0 Å². The van der Waals surface area contributed by atoms with E-state index >= 15 is 0 Å². The van der Waals surface area contributed by atoms with Gasteiger partial charge in [-0.05, 0) is 25.1 Å². The van der Waals surface area contributed by atoms with Gasteiger partial charge in [0.2, 0.25) is 0 Å². The fourth-order valence-corrected chi connectivity index (χ4v) is 2.69. The molecule has 1 aliphatic heterocycles. The van der Waals surface area contributed by atoms with Gasteiger partial charge < -0.3 is 9.80 Å². The molecule has 0 spiro atoms. The molecule has 0 radical (unpaired) electrons. The van der Waals surface area contributed by atoms with Gasteiger partial charge in [0.25, 0.3) is 0 Å². The second-order valence-electron chi connectivity index (χ2n) is 5.76. The van der Waals surface area contributed by atoms with E-state index < -0.39 is 0 Å². The van der Waals surface area contributed by atoms with Gasteiger partial charge in [-0.25, -0.2) is 4.52 Å². The molecule has 2 aromatic heterocycles. The van der Waals surface area contributed by atoms with Crippen molar-refractivity contribution in [3.63, 3.8) is 0 Å². The Bertz CT molecular complexity index is 565. The normalized spacial score (nSPS) is 16.2. The van der Waals surface area contributed by atoms with Gasteiger partial charge in [0.05, 0.1) is 23.6 Å². The standard InChI is InChI=1S/C15H22N4.C2H6/c1-12(2)14-10-16-19-11-13(4-5-15(14)19)18-8-6-17(3)7-9-18;1-2/h4-5,10-12H,6-9H2,1-3H3;1-2H3. The highest BCUT2D eigenvalue weighted by Crippen LogP contribution is 2.23. The Morgan fingerprint density at radius 2 is 1.71 bits per heavy atom. The van der Waals surface area contributed by atoms with Crippen LogP contribution < -0.4 is 4.90 Å². The molecule has 1 saturated heterocycles. The minimum atomic E-state index is 0.520. The number of pyridine rings is 1. The molecule has 0 aromatic carbocycles. The molecule has 21 heavy (non-hydrogen) atoms. The van der Waals surface area contributed by atoms with Crippen LogP contribution in [-0.2, 0) is 0 Å². The summed E-state index contributed by atoms with van der Waals surface area (Å²) in [5, 5.41) is 4.49. The molecule has 0 unspecified atom stereocenters. The van der Waals surface area contributed by atoms with E-state index in [1.54, 1.807) is 0 Å². The average Bonchev–Trinajstić information content (AvgIpc) is 2.93. The van der Waals surface area contributed by atoms with Crippen molar-refractivity contribution in [1.82, 2.24) is 14.5 Å². The highest BCUT2D eigenvalue weighted by molar-refractivity contribution is 5.60. The maximum absolute atomic E-state index is 4.49. The molecule has 0 saturated carbocycles. The Morgan fingerprint density at radius 3 is 2.33 bits per heavy atom. The van der Waals surface area contributed by atoms with Crippen LogP contribution in [0.3, 0.4) is 0 Å². The van der Waals surface area contributed by atoms with Crippen LogP contribution in [0.5, 0.6) is 0 Å². The van der Waals surface area contributed by atoms with Crippen LogP contribution in [0.4, 0.5) is 5.69 Å². The molecule has 1 fully saturated rings. The van der Waals surface area contributed by atoms with Crippen LogP contribution in [-0.4, -0.2) is 47.7 Å². The van der Waals surface area contributed by atoms with Gasteiger partial charge in [0.1, 0.15) is 0 Å². The second-order valence-corrected chi connectivity index (χ2v) is 5.76. The molecule has 0 aliphatic carbocycles. The van der Waals surface area contributed by atoms with Crippen molar-refractivity contribution in [3.8, 4) is 0 Å². The van der Waals surface area contributed by atoms with Crippen LogP contribution in [0.25, 0.3) is 5.52 Å². The van der Waals surface area contributed by atoms with Crippen molar-refractivity contribution in [2.75, 3.05) is 38.1 Å². The number of anilines is 1. The predicted octanol–water partition coefficient (Wildman–Crippen LogP) is 3.24. The summed E-state index contributed by atoms with van der Waals surface area (Å²) in [6, 6.07) is 4.43. The lowest BCUT2D eigenvalue weighted by molar-refractivity contribution is 0.312. The van der Waals surface area contributed by atoms with Gasteiger partial charge in [0, 0.05) is 31.7 Å². The predicted molar refractivity (Wildman–Crippen MR) is 90.3 cm³/mol. The monoisotopic (exact) mass is 288 g/mol. The number of piperazine rings is 1. The SMILES string of the molecule is CC.CC(C)c1cnn2cc(N3CCN(C)CC3)ccc12. The van der Waals surface area contributed by atoms with Crippen LogP contribution >= 0.6 is 0 Å². The number of nitrogens with zero attached hydrogens (tertiary/aromatic N) is 4. The van der Waals surface area contributed by atoms with Crippen molar-refractivity contribution in [2.24, 2.45) is 0 Å². The van der Waals surface area contributed by atoms with Gasteiger partial charge in [-0.3, -0.25) is 0 Å². The number of hydrogen-bond donors (Lipinski definition) is 0. The lowest BCUT2D eigenvalue weighted by atomic mass is 10.1. The van der Waals surface area contributed by atoms with Crippen LogP contribution in [0, 0.1) is 0 Å². The quantitative estimate of drug-likeness (QED) is 0.847. The second kappa shape index (κ2) is 6.94. The molecule has 4 heteroatoms. The number of likely N-dealkylation sites (N-methyl/N-ethyl adjacent to an activating group) is 1. The third-order valence-electron chi connectivity index (χ3n) is 4.02. The molecule has 0 N–H and O–H groups in total. The minimum absolute atomic E-state index is 0.520. The fraction of sp³-hybridized carbons (Fsp3) is 0.588. The Hall–Kier alpha value is -1.55. The molecule has 0 amide bonds. The average molecular weight is 288 g/mol. The molecule has 4 nitrogen and oxygen atoms in total. The molecule has 1 aliphatic rings. The number of rotatable bonds is 2. The summed E-state index contributed by atoms with van der Waals surface area (Å²) >= 11 is 0. The van der Waals surface area contributed by atoms with Crippen LogP contribution in [0.2, 0.25) is 0 Å². The third kappa shape index (κ3) is 3.38. The maximum atomic E-state index is 4.49. The summed E-state index contributed by atoms with van der Waals surface area (Å²) in [6.45, 7) is 12.9. The van der Waals surface area contributed by atoms with E-state index in [1.807, 2.05) is 24.6 Å². The zero-order chi connectivity index (χ0) is 15.4. The van der Waals surface area contributed by atoms with E-state index in [1.165, 1.54) is 16.8 Å². The highest BCUT2D eigenvalue weighted by Gasteiger charge is 2.15. The number of hydrogen-bond acceptors (Lipinski definition) is 3. The van der Waals surface area contributed by atoms with E-state index in [2.05, 4.69) is 54.1 Å². The van der Waals surface area contributed by atoms with E-state index in [0.29, 0.717) is 5.92 Å². The van der Waals surface area contributed by atoms with Crippen molar-refractivity contribution in [3.05, 3.63) is 30.1 Å². The zero-order valence-electron chi connectivity index (χ0n) is 14.0. The topological polar surface area (TPSA) is 23.8 Å². The summed E-state index contributed by atoms with van der Waals surface area (Å²) in [5.41, 5.74) is 3.83. The lowest BCUT2D eigenvalue weighted by Gasteiger charge is -2.33. The van der Waals surface area contributed by atoms with Gasteiger partial charge >= 0.3 is 0 Å². The summed E-state index contributed by atoms with van der Waals surface area (Å²) in [7, 11) is 2.18. The van der Waals surface area contributed by atoms with Crippen LogP contribution in [0.15, 0.2) is 24.5 Å². The smallest absolute Gasteiger partial charge is 0.0697 e. The van der Waals surface area contributed by atoms with Crippen molar-refractivity contribution < 1.29 is 0 Å². The molecule has 0 bridgehead atoms. The maximum Gasteiger partial charge on any atom is 0.0697 e. The van der Waals surface area contributed by atoms with Crippen molar-refractivity contribution >= 4 is 11.2 Å². The Morgan fingerprint density at radius 1 is 1.05 bits per heavy atom. The first-order chi connectivity index (χ1) is 10.1. The van der Waals surface area contributed by atoms with E-state index in [0.717, 1.165) is 26.2 Å². The van der Waals surface area contributed by atoms with Gasteiger partial charge in [-0.1, -0.05) is 27.7 Å².